The van der Waals surface area contributed by atoms with Crippen molar-refractivity contribution in [2.24, 2.45) is 0 Å². The number of aryl methyl sites for hydroxylation is 4. The summed E-state index contributed by atoms with van der Waals surface area (Å²) < 4.78 is 0. The van der Waals surface area contributed by atoms with Crippen molar-refractivity contribution in [3.63, 3.8) is 0 Å². The minimum absolute atomic E-state index is 0.615. The fourth-order valence-electron chi connectivity index (χ4n) is 2.04. The van der Waals surface area contributed by atoms with E-state index in [1.54, 1.807) is 0 Å². The summed E-state index contributed by atoms with van der Waals surface area (Å²) in [5.74, 6) is 0.615. The van der Waals surface area contributed by atoms with Crippen molar-refractivity contribution < 1.29 is 0 Å². The number of aromatic nitrogens is 1. The van der Waals surface area contributed by atoms with Crippen LogP contribution in [0.1, 0.15) is 22.4 Å². The zero-order valence-corrected chi connectivity index (χ0v) is 10.4. The predicted molar refractivity (Wildman–Crippen MR) is 72.0 cm³/mol. The highest BCUT2D eigenvalue weighted by molar-refractivity contribution is 5.34. The van der Waals surface area contributed by atoms with Crippen molar-refractivity contribution in [2.45, 2.75) is 26.7 Å². The van der Waals surface area contributed by atoms with Crippen molar-refractivity contribution in [1.82, 2.24) is 4.98 Å². The zero-order valence-electron chi connectivity index (χ0n) is 10.4. The predicted octanol–water partition coefficient (Wildman–Crippen LogP) is 3.07. The maximum absolute atomic E-state index is 5.74. The summed E-state index contributed by atoms with van der Waals surface area (Å²) in [7, 11) is 0. The van der Waals surface area contributed by atoms with E-state index in [1.165, 1.54) is 16.7 Å². The van der Waals surface area contributed by atoms with Crippen molar-refractivity contribution in [3.8, 4) is 0 Å². The molecular weight excluding hydrogens is 208 g/mol. The average Bonchev–Trinajstić information content (AvgIpc) is 2.25. The van der Waals surface area contributed by atoms with Gasteiger partial charge in [-0.2, -0.15) is 0 Å². The van der Waals surface area contributed by atoms with Gasteiger partial charge in [0.25, 0.3) is 0 Å². The number of hydrogen-bond acceptors (Lipinski definition) is 2. The van der Waals surface area contributed by atoms with Gasteiger partial charge in [0.2, 0.25) is 0 Å². The Morgan fingerprint density at radius 1 is 1.00 bits per heavy atom. The van der Waals surface area contributed by atoms with Crippen LogP contribution in [0.15, 0.2) is 36.4 Å². The van der Waals surface area contributed by atoms with E-state index >= 15 is 0 Å². The van der Waals surface area contributed by atoms with E-state index < -0.39 is 0 Å². The molecule has 1 heterocycles. The molecular formula is C15H18N2. The smallest absolute Gasteiger partial charge is 0.123 e. The molecule has 0 radical (unpaired) electrons. The molecule has 0 amide bonds. The third-order valence-electron chi connectivity index (χ3n) is 2.79. The molecule has 1 aromatic heterocycles. The molecule has 2 heteroatoms. The lowest BCUT2D eigenvalue weighted by Crippen LogP contribution is -1.99. The Morgan fingerprint density at radius 3 is 2.53 bits per heavy atom. The first-order valence-electron chi connectivity index (χ1n) is 5.92. The lowest BCUT2D eigenvalue weighted by Gasteiger charge is -2.05. The van der Waals surface area contributed by atoms with Crippen LogP contribution in [-0.4, -0.2) is 4.98 Å². The summed E-state index contributed by atoms with van der Waals surface area (Å²) in [5, 5.41) is 0. The highest BCUT2D eigenvalue weighted by Crippen LogP contribution is 2.11. The standard InChI is InChI=1S/C15H18N2/c1-11-4-3-5-13(8-11)6-7-14-9-12(2)10-15(16)17-14/h3-5,8-10H,6-7H2,1-2H3,(H2,16,17). The molecule has 0 atom stereocenters. The Hall–Kier alpha value is -1.83. The molecule has 0 saturated carbocycles. The summed E-state index contributed by atoms with van der Waals surface area (Å²) in [6.45, 7) is 4.17. The van der Waals surface area contributed by atoms with E-state index in [0.29, 0.717) is 5.82 Å². The Balaban J connectivity index is 2.07. The number of nitrogens with zero attached hydrogens (tertiary/aromatic N) is 1. The number of hydrogen-bond donors (Lipinski definition) is 1. The van der Waals surface area contributed by atoms with Gasteiger partial charge in [-0.25, -0.2) is 4.98 Å². The molecule has 0 bridgehead atoms. The number of rotatable bonds is 3. The SMILES string of the molecule is Cc1cccc(CCc2cc(C)cc(N)n2)c1. The van der Waals surface area contributed by atoms with Gasteiger partial charge in [-0.3, -0.25) is 0 Å². The van der Waals surface area contributed by atoms with Gasteiger partial charge < -0.3 is 5.73 Å². The lowest BCUT2D eigenvalue weighted by molar-refractivity contribution is 0.912. The van der Waals surface area contributed by atoms with Gasteiger partial charge in [-0.1, -0.05) is 29.8 Å². The largest absolute Gasteiger partial charge is 0.384 e. The molecule has 1 aromatic carbocycles. The molecule has 0 aliphatic carbocycles. The van der Waals surface area contributed by atoms with Crippen LogP contribution in [0.5, 0.6) is 0 Å². The summed E-state index contributed by atoms with van der Waals surface area (Å²) in [6, 6.07) is 12.6. The van der Waals surface area contributed by atoms with Crippen molar-refractivity contribution in [3.05, 3.63) is 58.8 Å². The van der Waals surface area contributed by atoms with Gasteiger partial charge in [-0.15, -0.1) is 0 Å². The Kier molecular flexibility index (Phi) is 3.43. The molecule has 88 valence electrons. The zero-order chi connectivity index (χ0) is 12.3. The van der Waals surface area contributed by atoms with Crippen LogP contribution in [0.2, 0.25) is 0 Å². The second kappa shape index (κ2) is 5.00. The van der Waals surface area contributed by atoms with E-state index in [2.05, 4.69) is 42.2 Å². The van der Waals surface area contributed by atoms with E-state index in [4.69, 9.17) is 5.73 Å². The maximum atomic E-state index is 5.74. The highest BCUT2D eigenvalue weighted by atomic mass is 14.8. The van der Waals surface area contributed by atoms with E-state index in [-0.39, 0.29) is 0 Å². The fourth-order valence-corrected chi connectivity index (χ4v) is 2.04. The van der Waals surface area contributed by atoms with Gasteiger partial charge >= 0.3 is 0 Å². The van der Waals surface area contributed by atoms with Crippen LogP contribution in [0.4, 0.5) is 5.82 Å². The first kappa shape index (κ1) is 11.6. The molecule has 0 unspecified atom stereocenters. The molecule has 0 aliphatic rings. The lowest BCUT2D eigenvalue weighted by atomic mass is 10.0. The Labute approximate surface area is 103 Å². The summed E-state index contributed by atoms with van der Waals surface area (Å²) in [6.07, 6.45) is 1.95. The Morgan fingerprint density at radius 2 is 1.82 bits per heavy atom. The molecule has 17 heavy (non-hydrogen) atoms. The van der Waals surface area contributed by atoms with Crippen LogP contribution in [0.3, 0.4) is 0 Å². The number of nitrogen functional groups attached to an aromatic ring is 1. The summed E-state index contributed by atoms with van der Waals surface area (Å²) >= 11 is 0. The monoisotopic (exact) mass is 226 g/mol. The number of nitrogens with two attached hydrogens (primary N) is 1. The fraction of sp³-hybridized carbons (Fsp3) is 0.267. The second-order valence-corrected chi connectivity index (χ2v) is 4.55. The normalized spacial score (nSPS) is 10.5. The Bertz CT molecular complexity index is 498. The maximum Gasteiger partial charge on any atom is 0.123 e. The van der Waals surface area contributed by atoms with Gasteiger partial charge in [0.15, 0.2) is 0 Å². The first-order chi connectivity index (χ1) is 8.13. The van der Waals surface area contributed by atoms with Crippen LogP contribution >= 0.6 is 0 Å². The van der Waals surface area contributed by atoms with Crippen LogP contribution in [0.25, 0.3) is 0 Å². The first-order valence-corrected chi connectivity index (χ1v) is 5.92. The molecule has 2 rings (SSSR count). The van der Waals surface area contributed by atoms with Gasteiger partial charge in [-0.05, 0) is 49.9 Å². The van der Waals surface area contributed by atoms with Crippen molar-refractivity contribution in [1.29, 1.82) is 0 Å². The minimum Gasteiger partial charge on any atom is -0.384 e. The van der Waals surface area contributed by atoms with Gasteiger partial charge in [0, 0.05) is 5.69 Å². The van der Waals surface area contributed by atoms with E-state index in [0.717, 1.165) is 18.5 Å². The minimum atomic E-state index is 0.615. The highest BCUT2D eigenvalue weighted by Gasteiger charge is 2.00. The molecule has 0 aliphatic heterocycles. The molecule has 0 spiro atoms. The van der Waals surface area contributed by atoms with E-state index in [1.807, 2.05) is 13.0 Å². The van der Waals surface area contributed by atoms with Gasteiger partial charge in [0.05, 0.1) is 0 Å². The topological polar surface area (TPSA) is 38.9 Å². The molecule has 2 nitrogen and oxygen atoms in total. The third kappa shape index (κ3) is 3.31. The van der Waals surface area contributed by atoms with Crippen molar-refractivity contribution in [2.75, 3.05) is 5.73 Å². The van der Waals surface area contributed by atoms with Crippen molar-refractivity contribution >= 4 is 5.82 Å². The molecule has 2 N–H and O–H groups in total. The van der Waals surface area contributed by atoms with E-state index in [9.17, 15) is 0 Å². The van der Waals surface area contributed by atoms with Gasteiger partial charge in [0.1, 0.15) is 5.82 Å². The quantitative estimate of drug-likeness (QED) is 0.873. The number of anilines is 1. The van der Waals surface area contributed by atoms with Crippen LogP contribution < -0.4 is 5.73 Å². The molecule has 2 aromatic rings. The number of benzene rings is 1. The average molecular weight is 226 g/mol. The molecule has 0 fully saturated rings. The summed E-state index contributed by atoms with van der Waals surface area (Å²) in [4.78, 5) is 4.35. The number of pyridine rings is 1. The van der Waals surface area contributed by atoms with Crippen LogP contribution in [0, 0.1) is 13.8 Å². The summed E-state index contributed by atoms with van der Waals surface area (Å²) in [5.41, 5.74) is 10.7. The second-order valence-electron chi connectivity index (χ2n) is 4.55. The molecule has 0 saturated heterocycles. The van der Waals surface area contributed by atoms with Crippen LogP contribution in [-0.2, 0) is 12.8 Å². The third-order valence-corrected chi connectivity index (χ3v) is 2.79.